The fraction of sp³-hybridized carbons (Fsp3) is 0.500. The zero-order chi connectivity index (χ0) is 10.8. The van der Waals surface area contributed by atoms with Crippen LogP contribution in [0.15, 0.2) is 23.2 Å². The Morgan fingerprint density at radius 2 is 2.07 bits per heavy atom. The molecule has 0 N–H and O–H groups in total. The van der Waals surface area contributed by atoms with Crippen molar-refractivity contribution in [2.75, 3.05) is 5.75 Å². The molecule has 0 unspecified atom stereocenters. The lowest BCUT2D eigenvalue weighted by Crippen LogP contribution is -2.05. The molecule has 0 fully saturated rings. The summed E-state index contributed by atoms with van der Waals surface area (Å²) in [5, 5.41) is 0. The molecular weight excluding hydrogens is 198 g/mol. The molecule has 1 aromatic heterocycles. The molecule has 4 heteroatoms. The van der Waals surface area contributed by atoms with Crippen LogP contribution in [0.1, 0.15) is 32.4 Å². The lowest BCUT2D eigenvalue weighted by molar-refractivity contribution is 0.596. The molecule has 3 nitrogen and oxygen atoms in total. The first-order chi connectivity index (χ1) is 6.47. The molecule has 0 saturated carbocycles. The van der Waals surface area contributed by atoms with E-state index in [1.54, 1.807) is 25.3 Å². The van der Waals surface area contributed by atoms with Crippen molar-refractivity contribution in [1.29, 1.82) is 0 Å². The van der Waals surface area contributed by atoms with Crippen LogP contribution in [0.2, 0.25) is 0 Å². The summed E-state index contributed by atoms with van der Waals surface area (Å²) in [5.74, 6) is 0.385. The lowest BCUT2D eigenvalue weighted by atomic mass is 10.1. The number of hydrogen-bond acceptors (Lipinski definition) is 3. The van der Waals surface area contributed by atoms with Crippen molar-refractivity contribution in [1.82, 2.24) is 4.98 Å². The summed E-state index contributed by atoms with van der Waals surface area (Å²) < 4.78 is 23.1. The van der Waals surface area contributed by atoms with Crippen molar-refractivity contribution in [3.8, 4) is 0 Å². The van der Waals surface area contributed by atoms with Crippen LogP contribution in [0.3, 0.4) is 0 Å². The first-order valence-corrected chi connectivity index (χ1v) is 6.31. The maximum Gasteiger partial charge on any atom is 0.178 e. The predicted octanol–water partition coefficient (Wildman–Crippen LogP) is 2.00. The third-order valence-corrected chi connectivity index (χ3v) is 3.82. The summed E-state index contributed by atoms with van der Waals surface area (Å²) in [6.45, 7) is 5.63. The first kappa shape index (κ1) is 11.2. The van der Waals surface area contributed by atoms with Gasteiger partial charge in [-0.2, -0.15) is 0 Å². The van der Waals surface area contributed by atoms with E-state index in [0.717, 1.165) is 5.69 Å². The van der Waals surface area contributed by atoms with E-state index in [9.17, 15) is 8.42 Å². The summed E-state index contributed by atoms with van der Waals surface area (Å²) >= 11 is 0. The number of nitrogens with zero attached hydrogens (tertiary/aromatic N) is 1. The topological polar surface area (TPSA) is 47.0 Å². The quantitative estimate of drug-likeness (QED) is 0.771. The average Bonchev–Trinajstić information content (AvgIpc) is 2.18. The zero-order valence-electron chi connectivity index (χ0n) is 8.69. The van der Waals surface area contributed by atoms with Crippen molar-refractivity contribution in [2.45, 2.75) is 31.6 Å². The minimum absolute atomic E-state index is 0.133. The van der Waals surface area contributed by atoms with Gasteiger partial charge in [-0.25, -0.2) is 8.42 Å². The number of aromatic nitrogens is 1. The van der Waals surface area contributed by atoms with Gasteiger partial charge in [-0.3, -0.25) is 4.98 Å². The van der Waals surface area contributed by atoms with E-state index in [2.05, 4.69) is 4.98 Å². The second-order valence-electron chi connectivity index (χ2n) is 3.47. The van der Waals surface area contributed by atoms with Gasteiger partial charge in [-0.1, -0.05) is 20.8 Å². The van der Waals surface area contributed by atoms with Crippen LogP contribution in [0.4, 0.5) is 0 Å². The number of rotatable bonds is 3. The fourth-order valence-corrected chi connectivity index (χ4v) is 2.01. The van der Waals surface area contributed by atoms with Crippen LogP contribution >= 0.6 is 0 Å². The average molecular weight is 213 g/mol. The van der Waals surface area contributed by atoms with Gasteiger partial charge in [0.2, 0.25) is 0 Å². The van der Waals surface area contributed by atoms with E-state index < -0.39 is 9.84 Å². The van der Waals surface area contributed by atoms with Crippen molar-refractivity contribution in [3.05, 3.63) is 24.0 Å². The third-order valence-electron chi connectivity index (χ3n) is 2.08. The van der Waals surface area contributed by atoms with Crippen molar-refractivity contribution in [2.24, 2.45) is 0 Å². The first-order valence-electron chi connectivity index (χ1n) is 4.66. The molecule has 1 rings (SSSR count). The highest BCUT2D eigenvalue weighted by molar-refractivity contribution is 7.91. The summed E-state index contributed by atoms with van der Waals surface area (Å²) in [4.78, 5) is 4.50. The van der Waals surface area contributed by atoms with Crippen LogP contribution < -0.4 is 0 Å². The summed E-state index contributed by atoms with van der Waals surface area (Å²) in [6, 6.07) is 3.20. The number of hydrogen-bond donors (Lipinski definition) is 0. The van der Waals surface area contributed by atoms with E-state index in [0.29, 0.717) is 4.90 Å². The van der Waals surface area contributed by atoms with Gasteiger partial charge in [0.25, 0.3) is 0 Å². The Morgan fingerprint density at radius 1 is 1.43 bits per heavy atom. The molecule has 0 atom stereocenters. The van der Waals surface area contributed by atoms with Gasteiger partial charge in [-0.05, 0) is 18.1 Å². The maximum atomic E-state index is 11.5. The summed E-state index contributed by atoms with van der Waals surface area (Å²) in [7, 11) is -3.09. The molecule has 0 aliphatic rings. The Morgan fingerprint density at radius 3 is 2.57 bits per heavy atom. The highest BCUT2D eigenvalue weighted by atomic mass is 32.2. The molecule has 0 bridgehead atoms. The highest BCUT2D eigenvalue weighted by Gasteiger charge is 2.12. The van der Waals surface area contributed by atoms with Gasteiger partial charge in [0.1, 0.15) is 0 Å². The standard InChI is InChI=1S/C10H15NO2S/c1-4-14(12,13)9-5-6-11-10(7-9)8(2)3/h5-8H,4H2,1-3H3. The molecule has 14 heavy (non-hydrogen) atoms. The van der Waals surface area contributed by atoms with Crippen LogP contribution in [-0.4, -0.2) is 19.2 Å². The molecule has 0 aliphatic heterocycles. The van der Waals surface area contributed by atoms with Crippen molar-refractivity contribution >= 4 is 9.84 Å². The van der Waals surface area contributed by atoms with Crippen molar-refractivity contribution in [3.63, 3.8) is 0 Å². The maximum absolute atomic E-state index is 11.5. The van der Waals surface area contributed by atoms with Gasteiger partial charge in [0.15, 0.2) is 9.84 Å². The van der Waals surface area contributed by atoms with Crippen LogP contribution in [-0.2, 0) is 9.84 Å². The third kappa shape index (κ3) is 2.32. The minimum Gasteiger partial charge on any atom is -0.261 e. The van der Waals surface area contributed by atoms with Crippen LogP contribution in [0.5, 0.6) is 0 Å². The van der Waals surface area contributed by atoms with E-state index in [1.807, 2.05) is 13.8 Å². The largest absolute Gasteiger partial charge is 0.261 e. The Balaban J connectivity index is 3.19. The van der Waals surface area contributed by atoms with Crippen molar-refractivity contribution < 1.29 is 8.42 Å². The van der Waals surface area contributed by atoms with Crippen LogP contribution in [0, 0.1) is 0 Å². The van der Waals surface area contributed by atoms with Gasteiger partial charge in [0.05, 0.1) is 10.6 Å². The zero-order valence-corrected chi connectivity index (χ0v) is 9.50. The smallest absolute Gasteiger partial charge is 0.178 e. The van der Waals surface area contributed by atoms with Crippen LogP contribution in [0.25, 0.3) is 0 Å². The second kappa shape index (κ2) is 4.09. The Hall–Kier alpha value is -0.900. The Kier molecular flexibility index (Phi) is 3.26. The second-order valence-corrected chi connectivity index (χ2v) is 5.75. The van der Waals surface area contributed by atoms with E-state index in [-0.39, 0.29) is 11.7 Å². The van der Waals surface area contributed by atoms with Gasteiger partial charge in [0, 0.05) is 11.9 Å². The van der Waals surface area contributed by atoms with Gasteiger partial charge >= 0.3 is 0 Å². The number of pyridine rings is 1. The molecule has 0 saturated heterocycles. The predicted molar refractivity (Wildman–Crippen MR) is 56.1 cm³/mol. The minimum atomic E-state index is -3.09. The van der Waals surface area contributed by atoms with E-state index in [4.69, 9.17) is 0 Å². The normalized spacial score (nSPS) is 12.0. The molecular formula is C10H15NO2S. The molecule has 0 spiro atoms. The van der Waals surface area contributed by atoms with Gasteiger partial charge in [-0.15, -0.1) is 0 Å². The molecule has 0 amide bonds. The Labute approximate surface area is 85.1 Å². The monoisotopic (exact) mass is 213 g/mol. The van der Waals surface area contributed by atoms with E-state index >= 15 is 0 Å². The lowest BCUT2D eigenvalue weighted by Gasteiger charge is -2.06. The highest BCUT2D eigenvalue weighted by Crippen LogP contribution is 2.16. The molecule has 0 radical (unpaired) electrons. The molecule has 0 aromatic carbocycles. The van der Waals surface area contributed by atoms with Gasteiger partial charge < -0.3 is 0 Å². The van der Waals surface area contributed by atoms with E-state index in [1.165, 1.54) is 0 Å². The SMILES string of the molecule is CCS(=O)(=O)c1ccnc(C(C)C)c1. The molecule has 1 heterocycles. The summed E-state index contributed by atoms with van der Waals surface area (Å²) in [5.41, 5.74) is 0.819. The molecule has 1 aromatic rings. The molecule has 0 aliphatic carbocycles. The Bertz CT molecular complexity index is 410. The summed E-state index contributed by atoms with van der Waals surface area (Å²) in [6.07, 6.45) is 1.55. The molecule has 78 valence electrons. The number of sulfone groups is 1. The fourth-order valence-electron chi connectivity index (χ4n) is 1.10.